The van der Waals surface area contributed by atoms with Crippen LogP contribution in [0.1, 0.15) is 59.3 Å². The highest BCUT2D eigenvalue weighted by molar-refractivity contribution is 5.13. The first-order valence-electron chi connectivity index (χ1n) is 7.61. The number of nitrogens with one attached hydrogen (secondary N) is 1. The van der Waals surface area contributed by atoms with Crippen LogP contribution in [0.2, 0.25) is 0 Å². The van der Waals surface area contributed by atoms with Crippen LogP contribution in [-0.2, 0) is 0 Å². The van der Waals surface area contributed by atoms with E-state index in [1.54, 1.807) is 0 Å². The minimum Gasteiger partial charge on any atom is -0.301 e. The van der Waals surface area contributed by atoms with Gasteiger partial charge in [-0.05, 0) is 51.7 Å². The lowest BCUT2D eigenvalue weighted by Crippen LogP contribution is -2.44. The van der Waals surface area contributed by atoms with Crippen molar-refractivity contribution in [2.24, 2.45) is 0 Å². The molecule has 0 aromatic carbocycles. The highest BCUT2D eigenvalue weighted by atomic mass is 15.2. The molecule has 2 atom stereocenters. The van der Waals surface area contributed by atoms with Crippen LogP contribution in [0.15, 0.2) is 0 Å². The molecular formula is C15H29N3. The predicted octanol–water partition coefficient (Wildman–Crippen LogP) is 2.92. The standard InChI is InChI=1S/C15H29N3/c1-4-7-11-18(6-3)14-8-9-15(12-14,13-16)17-10-5-2/h14,17H,4-12H2,1-3H3. The molecule has 0 bridgehead atoms. The van der Waals surface area contributed by atoms with Crippen LogP contribution in [0.25, 0.3) is 0 Å². The van der Waals surface area contributed by atoms with E-state index in [-0.39, 0.29) is 5.54 Å². The van der Waals surface area contributed by atoms with Gasteiger partial charge in [0.05, 0.1) is 6.07 Å². The van der Waals surface area contributed by atoms with Crippen LogP contribution in [0.4, 0.5) is 0 Å². The van der Waals surface area contributed by atoms with Crippen LogP contribution in [0.3, 0.4) is 0 Å². The molecule has 0 heterocycles. The van der Waals surface area contributed by atoms with E-state index in [2.05, 4.69) is 37.1 Å². The zero-order valence-corrected chi connectivity index (χ0v) is 12.3. The molecule has 1 rings (SSSR count). The third-order valence-corrected chi connectivity index (χ3v) is 4.14. The van der Waals surface area contributed by atoms with Gasteiger partial charge in [-0.3, -0.25) is 5.32 Å². The van der Waals surface area contributed by atoms with E-state index < -0.39 is 0 Å². The average molecular weight is 251 g/mol. The molecule has 1 fully saturated rings. The smallest absolute Gasteiger partial charge is 0.108 e. The van der Waals surface area contributed by atoms with Gasteiger partial charge in [-0.15, -0.1) is 0 Å². The summed E-state index contributed by atoms with van der Waals surface area (Å²) >= 11 is 0. The van der Waals surface area contributed by atoms with Gasteiger partial charge in [0.25, 0.3) is 0 Å². The summed E-state index contributed by atoms with van der Waals surface area (Å²) in [7, 11) is 0. The molecule has 0 radical (unpaired) electrons. The fourth-order valence-corrected chi connectivity index (χ4v) is 2.96. The second-order valence-electron chi connectivity index (χ2n) is 5.50. The first-order valence-corrected chi connectivity index (χ1v) is 7.61. The second-order valence-corrected chi connectivity index (χ2v) is 5.50. The molecule has 0 aliphatic heterocycles. The summed E-state index contributed by atoms with van der Waals surface area (Å²) in [6.45, 7) is 9.89. The van der Waals surface area contributed by atoms with Gasteiger partial charge in [-0.2, -0.15) is 5.26 Å². The van der Waals surface area contributed by atoms with Crippen molar-refractivity contribution in [3.63, 3.8) is 0 Å². The fourth-order valence-electron chi connectivity index (χ4n) is 2.96. The molecule has 0 spiro atoms. The Balaban J connectivity index is 2.53. The maximum atomic E-state index is 9.46. The number of rotatable bonds is 8. The Morgan fingerprint density at radius 3 is 2.67 bits per heavy atom. The van der Waals surface area contributed by atoms with E-state index in [9.17, 15) is 5.26 Å². The number of nitriles is 1. The van der Waals surface area contributed by atoms with Gasteiger partial charge in [0.1, 0.15) is 5.54 Å². The summed E-state index contributed by atoms with van der Waals surface area (Å²) in [5, 5.41) is 12.9. The minimum absolute atomic E-state index is 0.250. The van der Waals surface area contributed by atoms with Gasteiger partial charge in [0.15, 0.2) is 0 Å². The van der Waals surface area contributed by atoms with Gasteiger partial charge in [0, 0.05) is 6.04 Å². The SMILES string of the molecule is CCCCN(CC)C1CCC(C#N)(NCCC)C1. The van der Waals surface area contributed by atoms with Crippen molar-refractivity contribution in [2.45, 2.75) is 70.9 Å². The number of hydrogen-bond acceptors (Lipinski definition) is 3. The first kappa shape index (κ1) is 15.5. The van der Waals surface area contributed by atoms with E-state index in [4.69, 9.17) is 0 Å². The van der Waals surface area contributed by atoms with Gasteiger partial charge in [-0.25, -0.2) is 0 Å². The summed E-state index contributed by atoms with van der Waals surface area (Å²) in [6.07, 6.45) is 6.80. The topological polar surface area (TPSA) is 39.1 Å². The zero-order valence-electron chi connectivity index (χ0n) is 12.3. The number of unbranched alkanes of at least 4 members (excludes halogenated alkanes) is 1. The molecular weight excluding hydrogens is 222 g/mol. The summed E-state index contributed by atoms with van der Waals surface area (Å²) in [6, 6.07) is 3.14. The molecule has 2 unspecified atom stereocenters. The van der Waals surface area contributed by atoms with E-state index >= 15 is 0 Å². The third kappa shape index (κ3) is 3.96. The summed E-state index contributed by atoms with van der Waals surface area (Å²) in [5.41, 5.74) is -0.250. The molecule has 0 saturated heterocycles. The van der Waals surface area contributed by atoms with Crippen molar-refractivity contribution in [3.05, 3.63) is 0 Å². The Hall–Kier alpha value is -0.590. The Bertz CT molecular complexity index is 271. The van der Waals surface area contributed by atoms with Crippen molar-refractivity contribution < 1.29 is 0 Å². The first-order chi connectivity index (χ1) is 8.71. The molecule has 104 valence electrons. The van der Waals surface area contributed by atoms with Crippen molar-refractivity contribution in [1.29, 1.82) is 5.26 Å². The monoisotopic (exact) mass is 251 g/mol. The Kier molecular flexibility index (Phi) is 6.67. The highest BCUT2D eigenvalue weighted by Crippen LogP contribution is 2.32. The lowest BCUT2D eigenvalue weighted by Gasteiger charge is -2.29. The van der Waals surface area contributed by atoms with Crippen LogP contribution < -0.4 is 5.32 Å². The molecule has 1 aliphatic carbocycles. The van der Waals surface area contributed by atoms with E-state index in [1.807, 2.05) is 0 Å². The average Bonchev–Trinajstić information content (AvgIpc) is 2.82. The van der Waals surface area contributed by atoms with Crippen molar-refractivity contribution in [3.8, 4) is 6.07 Å². The molecule has 1 N–H and O–H groups in total. The summed E-state index contributed by atoms with van der Waals surface area (Å²) < 4.78 is 0. The molecule has 0 aromatic heterocycles. The normalized spacial score (nSPS) is 27.6. The van der Waals surface area contributed by atoms with Gasteiger partial charge < -0.3 is 4.90 Å². The van der Waals surface area contributed by atoms with Crippen molar-refractivity contribution in [2.75, 3.05) is 19.6 Å². The second kappa shape index (κ2) is 7.76. The van der Waals surface area contributed by atoms with Crippen LogP contribution >= 0.6 is 0 Å². The molecule has 3 nitrogen and oxygen atoms in total. The maximum absolute atomic E-state index is 9.46. The third-order valence-electron chi connectivity index (χ3n) is 4.14. The van der Waals surface area contributed by atoms with E-state index in [0.717, 1.165) is 32.4 Å². The Morgan fingerprint density at radius 1 is 1.33 bits per heavy atom. The Labute approximate surface area is 113 Å². The summed E-state index contributed by atoms with van der Waals surface area (Å²) in [4.78, 5) is 2.57. The van der Waals surface area contributed by atoms with Crippen LogP contribution in [0, 0.1) is 11.3 Å². The van der Waals surface area contributed by atoms with Gasteiger partial charge in [0.2, 0.25) is 0 Å². The highest BCUT2D eigenvalue weighted by Gasteiger charge is 2.40. The van der Waals surface area contributed by atoms with Crippen LogP contribution in [0.5, 0.6) is 0 Å². The van der Waals surface area contributed by atoms with Crippen molar-refractivity contribution >= 4 is 0 Å². The summed E-state index contributed by atoms with van der Waals surface area (Å²) in [5.74, 6) is 0. The number of hydrogen-bond donors (Lipinski definition) is 1. The van der Waals surface area contributed by atoms with E-state index in [0.29, 0.717) is 6.04 Å². The van der Waals surface area contributed by atoms with Crippen molar-refractivity contribution in [1.82, 2.24) is 10.2 Å². The number of nitrogens with zero attached hydrogens (tertiary/aromatic N) is 2. The Morgan fingerprint density at radius 2 is 2.11 bits per heavy atom. The molecule has 1 saturated carbocycles. The largest absolute Gasteiger partial charge is 0.301 e. The molecule has 1 aliphatic rings. The molecule has 0 aromatic rings. The fraction of sp³-hybridized carbons (Fsp3) is 0.933. The van der Waals surface area contributed by atoms with E-state index in [1.165, 1.54) is 25.8 Å². The van der Waals surface area contributed by atoms with Gasteiger partial charge >= 0.3 is 0 Å². The quantitative estimate of drug-likeness (QED) is 0.721. The van der Waals surface area contributed by atoms with Gasteiger partial charge in [-0.1, -0.05) is 27.2 Å². The maximum Gasteiger partial charge on any atom is 0.108 e. The minimum atomic E-state index is -0.250. The predicted molar refractivity (Wildman–Crippen MR) is 76.4 cm³/mol. The zero-order chi connectivity index (χ0) is 13.4. The lowest BCUT2D eigenvalue weighted by atomic mass is 9.99. The van der Waals surface area contributed by atoms with Crippen LogP contribution in [-0.4, -0.2) is 36.1 Å². The molecule has 3 heteroatoms. The molecule has 18 heavy (non-hydrogen) atoms. The molecule has 0 amide bonds. The lowest BCUT2D eigenvalue weighted by molar-refractivity contribution is 0.199.